The van der Waals surface area contributed by atoms with Gasteiger partial charge in [-0.15, -0.1) is 12.4 Å². The van der Waals surface area contributed by atoms with Crippen molar-refractivity contribution in [2.24, 2.45) is 0 Å². The lowest BCUT2D eigenvalue weighted by Gasteiger charge is -2.26. The van der Waals surface area contributed by atoms with Crippen LogP contribution in [0.15, 0.2) is 42.5 Å². The summed E-state index contributed by atoms with van der Waals surface area (Å²) in [7, 11) is 0. The first-order valence-electron chi connectivity index (χ1n) is 9.51. The van der Waals surface area contributed by atoms with Gasteiger partial charge in [-0.05, 0) is 61.4 Å². The first-order valence-corrected chi connectivity index (χ1v) is 9.51. The van der Waals surface area contributed by atoms with Gasteiger partial charge >= 0.3 is 0 Å². The fourth-order valence-corrected chi connectivity index (χ4v) is 3.51. The molecule has 2 aromatic rings. The summed E-state index contributed by atoms with van der Waals surface area (Å²) in [5.74, 6) is -0.268. The molecule has 6 heteroatoms. The largest absolute Gasteiger partial charge is 0.399 e. The monoisotopic (exact) mass is 401 g/mol. The molecule has 0 fully saturated rings. The van der Waals surface area contributed by atoms with Crippen molar-refractivity contribution < 1.29 is 9.59 Å². The van der Waals surface area contributed by atoms with Crippen LogP contribution in [0.4, 0.5) is 5.69 Å². The minimum absolute atomic E-state index is 0. The highest BCUT2D eigenvalue weighted by Gasteiger charge is 2.21. The van der Waals surface area contributed by atoms with Gasteiger partial charge in [0.05, 0.1) is 12.6 Å². The fraction of sp³-hybridized carbons (Fsp3) is 0.364. The Bertz CT molecular complexity index is 821. The number of fused-ring (bicyclic) bond motifs is 1. The number of carbonyl (C=O) groups excluding carboxylic acids is 2. The Morgan fingerprint density at radius 2 is 1.86 bits per heavy atom. The van der Waals surface area contributed by atoms with Crippen molar-refractivity contribution >= 4 is 29.9 Å². The van der Waals surface area contributed by atoms with E-state index in [0.29, 0.717) is 12.8 Å². The number of nitrogens with two attached hydrogens (primary N) is 1. The van der Waals surface area contributed by atoms with Gasteiger partial charge in [-0.1, -0.05) is 35.9 Å². The van der Waals surface area contributed by atoms with Crippen LogP contribution in [0.5, 0.6) is 0 Å². The average Bonchev–Trinajstić information content (AvgIpc) is 2.66. The summed E-state index contributed by atoms with van der Waals surface area (Å²) in [5.41, 5.74) is 11.3. The Morgan fingerprint density at radius 1 is 1.11 bits per heavy atom. The van der Waals surface area contributed by atoms with Crippen molar-refractivity contribution in [2.45, 2.75) is 45.1 Å². The molecule has 1 aliphatic rings. The number of benzene rings is 2. The summed E-state index contributed by atoms with van der Waals surface area (Å²) in [6.07, 6.45) is 3.96. The Kier molecular flexibility index (Phi) is 7.88. The number of nitrogens with one attached hydrogen (secondary N) is 2. The maximum absolute atomic E-state index is 12.3. The number of carbonyl (C=O) groups is 2. The Balaban J connectivity index is 0.00000280. The van der Waals surface area contributed by atoms with E-state index in [2.05, 4.69) is 10.6 Å². The highest BCUT2D eigenvalue weighted by Crippen LogP contribution is 2.30. The number of halogens is 1. The van der Waals surface area contributed by atoms with E-state index in [1.54, 1.807) is 0 Å². The number of anilines is 1. The fourth-order valence-electron chi connectivity index (χ4n) is 3.51. The first kappa shape index (κ1) is 21.8. The van der Waals surface area contributed by atoms with E-state index in [-0.39, 0.29) is 36.8 Å². The van der Waals surface area contributed by atoms with Crippen LogP contribution in [0.3, 0.4) is 0 Å². The molecule has 1 atom stereocenters. The molecule has 28 heavy (non-hydrogen) atoms. The van der Waals surface area contributed by atoms with Crippen molar-refractivity contribution in [3.05, 3.63) is 64.7 Å². The Hall–Kier alpha value is -2.53. The standard InChI is InChI=1S/C22H27N3O2.ClH/c1-15-5-7-16(8-6-15)9-12-21(26)24-14-22(27)25-20-4-2-3-17-13-18(23)10-11-19(17)20;/h5-8,10-11,13,20H,2-4,9,12,14,23H2,1H3,(H,24,26)(H,25,27);1H. The zero-order chi connectivity index (χ0) is 19.2. The van der Waals surface area contributed by atoms with Crippen molar-refractivity contribution in [3.63, 3.8) is 0 Å². The molecule has 150 valence electrons. The maximum Gasteiger partial charge on any atom is 0.239 e. The summed E-state index contributed by atoms with van der Waals surface area (Å²) < 4.78 is 0. The third-order valence-corrected chi connectivity index (χ3v) is 5.02. The molecule has 1 aliphatic carbocycles. The van der Waals surface area contributed by atoms with Gasteiger partial charge in [0.2, 0.25) is 11.8 Å². The Morgan fingerprint density at radius 3 is 2.61 bits per heavy atom. The van der Waals surface area contributed by atoms with E-state index in [4.69, 9.17) is 5.73 Å². The topological polar surface area (TPSA) is 84.2 Å². The van der Waals surface area contributed by atoms with E-state index < -0.39 is 0 Å². The van der Waals surface area contributed by atoms with E-state index in [0.717, 1.165) is 36.1 Å². The highest BCUT2D eigenvalue weighted by molar-refractivity contribution is 5.85. The molecule has 1 unspecified atom stereocenters. The van der Waals surface area contributed by atoms with Gasteiger partial charge in [-0.25, -0.2) is 0 Å². The molecular weight excluding hydrogens is 374 g/mol. The summed E-state index contributed by atoms with van der Waals surface area (Å²) in [6, 6.07) is 14.0. The van der Waals surface area contributed by atoms with Crippen LogP contribution in [0.2, 0.25) is 0 Å². The lowest BCUT2D eigenvalue weighted by molar-refractivity contribution is -0.126. The van der Waals surface area contributed by atoms with Gasteiger partial charge in [0, 0.05) is 12.1 Å². The highest BCUT2D eigenvalue weighted by atomic mass is 35.5. The van der Waals surface area contributed by atoms with Gasteiger partial charge in [0.15, 0.2) is 0 Å². The molecule has 0 aliphatic heterocycles. The number of aryl methyl sites for hydroxylation is 3. The van der Waals surface area contributed by atoms with Gasteiger partial charge in [0.25, 0.3) is 0 Å². The maximum atomic E-state index is 12.3. The third kappa shape index (κ3) is 5.99. The molecular formula is C22H28ClN3O2. The minimum atomic E-state index is -0.159. The number of hydrogen-bond donors (Lipinski definition) is 3. The summed E-state index contributed by atoms with van der Waals surface area (Å²) in [4.78, 5) is 24.3. The quantitative estimate of drug-likeness (QED) is 0.649. The molecule has 2 amide bonds. The van der Waals surface area contributed by atoms with Crippen molar-refractivity contribution in [1.29, 1.82) is 0 Å². The normalized spacial score (nSPS) is 15.1. The predicted molar refractivity (Wildman–Crippen MR) is 114 cm³/mol. The molecule has 5 nitrogen and oxygen atoms in total. The molecule has 4 N–H and O–H groups in total. The van der Waals surface area contributed by atoms with Crippen LogP contribution >= 0.6 is 12.4 Å². The number of amides is 2. The number of rotatable bonds is 6. The predicted octanol–water partition coefficient (Wildman–Crippen LogP) is 3.24. The molecule has 2 aromatic carbocycles. The smallest absolute Gasteiger partial charge is 0.239 e. The lowest BCUT2D eigenvalue weighted by atomic mass is 9.87. The van der Waals surface area contributed by atoms with Crippen molar-refractivity contribution in [3.8, 4) is 0 Å². The second-order valence-electron chi connectivity index (χ2n) is 7.23. The van der Waals surface area contributed by atoms with Crippen LogP contribution in [0.25, 0.3) is 0 Å². The zero-order valence-corrected chi connectivity index (χ0v) is 17.0. The SMILES string of the molecule is Cc1ccc(CCC(=O)NCC(=O)NC2CCCc3cc(N)ccc32)cc1.Cl. The van der Waals surface area contributed by atoms with Gasteiger partial charge in [-0.2, -0.15) is 0 Å². The molecule has 0 heterocycles. The van der Waals surface area contributed by atoms with Crippen LogP contribution in [0, 0.1) is 6.92 Å². The van der Waals surface area contributed by atoms with E-state index >= 15 is 0 Å². The van der Waals surface area contributed by atoms with Gasteiger partial charge in [0.1, 0.15) is 0 Å². The zero-order valence-electron chi connectivity index (χ0n) is 16.2. The molecule has 3 rings (SSSR count). The lowest BCUT2D eigenvalue weighted by Crippen LogP contribution is -2.39. The molecule has 0 spiro atoms. The van der Waals surface area contributed by atoms with Crippen LogP contribution in [0.1, 0.15) is 47.6 Å². The minimum Gasteiger partial charge on any atom is -0.399 e. The average molecular weight is 402 g/mol. The molecule has 0 saturated heterocycles. The van der Waals surface area contributed by atoms with E-state index in [9.17, 15) is 9.59 Å². The first-order chi connectivity index (χ1) is 13.0. The van der Waals surface area contributed by atoms with Crippen molar-refractivity contribution in [2.75, 3.05) is 12.3 Å². The third-order valence-electron chi connectivity index (χ3n) is 5.02. The van der Waals surface area contributed by atoms with E-state index in [1.165, 1.54) is 11.1 Å². The van der Waals surface area contributed by atoms with Gasteiger partial charge < -0.3 is 16.4 Å². The summed E-state index contributed by atoms with van der Waals surface area (Å²) in [6.45, 7) is 2.04. The number of nitrogen functional groups attached to an aromatic ring is 1. The molecule has 0 bridgehead atoms. The van der Waals surface area contributed by atoms with Crippen LogP contribution in [-0.2, 0) is 22.4 Å². The summed E-state index contributed by atoms with van der Waals surface area (Å²) >= 11 is 0. The molecule has 0 radical (unpaired) electrons. The summed E-state index contributed by atoms with van der Waals surface area (Å²) in [5, 5.41) is 5.75. The van der Waals surface area contributed by atoms with Gasteiger partial charge in [-0.3, -0.25) is 9.59 Å². The van der Waals surface area contributed by atoms with Crippen LogP contribution < -0.4 is 16.4 Å². The van der Waals surface area contributed by atoms with Crippen molar-refractivity contribution in [1.82, 2.24) is 10.6 Å². The molecule has 0 saturated carbocycles. The van der Waals surface area contributed by atoms with Crippen LogP contribution in [-0.4, -0.2) is 18.4 Å². The number of hydrogen-bond acceptors (Lipinski definition) is 3. The second kappa shape index (κ2) is 10.1. The molecule has 0 aromatic heterocycles. The van der Waals surface area contributed by atoms with E-state index in [1.807, 2.05) is 49.4 Å². The second-order valence-corrected chi connectivity index (χ2v) is 7.23. The Labute approximate surface area is 172 Å².